The third-order valence-corrected chi connectivity index (χ3v) is 3.53. The monoisotopic (exact) mass is 283 g/mol. The van der Waals surface area contributed by atoms with Gasteiger partial charge >= 0.3 is 0 Å². The first-order valence-electron chi connectivity index (χ1n) is 7.80. The van der Waals surface area contributed by atoms with Crippen molar-refractivity contribution in [3.05, 3.63) is 59.2 Å². The van der Waals surface area contributed by atoms with Crippen LogP contribution in [0, 0.1) is 6.92 Å². The van der Waals surface area contributed by atoms with Crippen molar-refractivity contribution >= 4 is 0 Å². The predicted molar refractivity (Wildman–Crippen MR) is 89.1 cm³/mol. The minimum atomic E-state index is 0.846. The maximum absolute atomic E-state index is 6.18. The second-order valence-corrected chi connectivity index (χ2v) is 5.35. The second kappa shape index (κ2) is 7.84. The Bertz CT molecular complexity index is 578. The number of rotatable bonds is 7. The maximum atomic E-state index is 6.18. The Morgan fingerprint density at radius 3 is 2.48 bits per heavy atom. The number of ether oxygens (including phenoxy) is 1. The summed E-state index contributed by atoms with van der Waals surface area (Å²) in [7, 11) is 0. The lowest BCUT2D eigenvalue weighted by Crippen LogP contribution is -2.14. The van der Waals surface area contributed by atoms with Crippen LogP contribution in [0.1, 0.15) is 37.0 Å². The van der Waals surface area contributed by atoms with Gasteiger partial charge in [0.2, 0.25) is 0 Å². The summed E-state index contributed by atoms with van der Waals surface area (Å²) < 4.78 is 6.18. The van der Waals surface area contributed by atoms with Gasteiger partial charge in [0, 0.05) is 12.1 Å². The van der Waals surface area contributed by atoms with Crippen molar-refractivity contribution in [1.29, 1.82) is 0 Å². The zero-order valence-electron chi connectivity index (χ0n) is 13.3. The molecule has 0 amide bonds. The lowest BCUT2D eigenvalue weighted by atomic mass is 10.1. The molecule has 2 rings (SSSR count). The average molecular weight is 283 g/mol. The van der Waals surface area contributed by atoms with E-state index in [9.17, 15) is 0 Å². The molecule has 0 fully saturated rings. The summed E-state index contributed by atoms with van der Waals surface area (Å²) in [6, 6.07) is 14.6. The molecular formula is C19H25NO. The quantitative estimate of drug-likeness (QED) is 0.733. The molecule has 21 heavy (non-hydrogen) atoms. The average Bonchev–Trinajstić information content (AvgIpc) is 2.50. The number of hydrogen-bond donors (Lipinski definition) is 1. The third-order valence-electron chi connectivity index (χ3n) is 3.53. The number of aryl methyl sites for hydroxylation is 2. The number of nitrogens with one attached hydrogen (secondary N) is 1. The minimum absolute atomic E-state index is 0.846. The molecule has 0 bridgehead atoms. The molecule has 2 aromatic rings. The molecular weight excluding hydrogens is 258 g/mol. The van der Waals surface area contributed by atoms with Crippen molar-refractivity contribution < 1.29 is 4.74 Å². The Morgan fingerprint density at radius 1 is 0.952 bits per heavy atom. The lowest BCUT2D eigenvalue weighted by molar-refractivity contribution is 0.467. The van der Waals surface area contributed by atoms with E-state index in [0.717, 1.165) is 37.4 Å². The molecule has 0 spiro atoms. The highest BCUT2D eigenvalue weighted by Gasteiger charge is 2.07. The standard InChI is InChI=1S/C19H25NO/c1-4-12-20-14-17-13-15(3)10-11-19(17)21-18-9-7-6-8-16(18)5-2/h6-11,13,20H,4-5,12,14H2,1-3H3. The molecule has 0 saturated heterocycles. The van der Waals surface area contributed by atoms with Crippen LogP contribution in [0.25, 0.3) is 0 Å². The van der Waals surface area contributed by atoms with Gasteiger partial charge < -0.3 is 10.1 Å². The van der Waals surface area contributed by atoms with Gasteiger partial charge in [-0.2, -0.15) is 0 Å². The van der Waals surface area contributed by atoms with E-state index in [1.165, 1.54) is 16.7 Å². The SMILES string of the molecule is CCCNCc1cc(C)ccc1Oc1ccccc1CC. The van der Waals surface area contributed by atoms with Gasteiger partial charge in [0.25, 0.3) is 0 Å². The van der Waals surface area contributed by atoms with Crippen LogP contribution in [0.5, 0.6) is 11.5 Å². The number of para-hydroxylation sites is 1. The van der Waals surface area contributed by atoms with E-state index in [0.29, 0.717) is 0 Å². The molecule has 112 valence electrons. The number of benzene rings is 2. The van der Waals surface area contributed by atoms with Crippen LogP contribution in [0.3, 0.4) is 0 Å². The summed E-state index contributed by atoms with van der Waals surface area (Å²) in [5.74, 6) is 1.91. The van der Waals surface area contributed by atoms with E-state index in [1.54, 1.807) is 0 Å². The fourth-order valence-corrected chi connectivity index (χ4v) is 2.36. The summed E-state index contributed by atoms with van der Waals surface area (Å²) >= 11 is 0. The van der Waals surface area contributed by atoms with Gasteiger partial charge in [-0.1, -0.05) is 49.7 Å². The molecule has 0 heterocycles. The van der Waals surface area contributed by atoms with Gasteiger partial charge in [-0.25, -0.2) is 0 Å². The van der Waals surface area contributed by atoms with Crippen LogP contribution in [0.15, 0.2) is 42.5 Å². The van der Waals surface area contributed by atoms with Crippen molar-refractivity contribution in [1.82, 2.24) is 5.32 Å². The van der Waals surface area contributed by atoms with Crippen LogP contribution >= 0.6 is 0 Å². The summed E-state index contributed by atoms with van der Waals surface area (Å²) in [5, 5.41) is 3.45. The van der Waals surface area contributed by atoms with Gasteiger partial charge in [-0.3, -0.25) is 0 Å². The molecule has 0 radical (unpaired) electrons. The Kier molecular flexibility index (Phi) is 5.82. The third kappa shape index (κ3) is 4.33. The molecule has 2 nitrogen and oxygen atoms in total. The first-order chi connectivity index (χ1) is 10.2. The fourth-order valence-electron chi connectivity index (χ4n) is 2.36. The highest BCUT2D eigenvalue weighted by Crippen LogP contribution is 2.29. The van der Waals surface area contributed by atoms with Crippen LogP contribution < -0.4 is 10.1 Å². The van der Waals surface area contributed by atoms with Crippen LogP contribution in [0.2, 0.25) is 0 Å². The van der Waals surface area contributed by atoms with Gasteiger partial charge in [0.1, 0.15) is 11.5 Å². The summed E-state index contributed by atoms with van der Waals surface area (Å²) in [6.45, 7) is 8.32. The molecule has 0 saturated carbocycles. The minimum Gasteiger partial charge on any atom is -0.457 e. The zero-order chi connectivity index (χ0) is 15.1. The van der Waals surface area contributed by atoms with Crippen molar-refractivity contribution in [3.63, 3.8) is 0 Å². The summed E-state index contributed by atoms with van der Waals surface area (Å²) in [6.07, 6.45) is 2.12. The first-order valence-corrected chi connectivity index (χ1v) is 7.80. The summed E-state index contributed by atoms with van der Waals surface area (Å²) in [4.78, 5) is 0. The largest absolute Gasteiger partial charge is 0.457 e. The van der Waals surface area contributed by atoms with E-state index in [2.05, 4.69) is 56.4 Å². The van der Waals surface area contributed by atoms with Crippen molar-refractivity contribution in [2.75, 3.05) is 6.54 Å². The molecule has 0 aliphatic rings. The molecule has 0 unspecified atom stereocenters. The normalized spacial score (nSPS) is 10.6. The van der Waals surface area contributed by atoms with E-state index < -0.39 is 0 Å². The highest BCUT2D eigenvalue weighted by atomic mass is 16.5. The molecule has 0 aromatic heterocycles. The van der Waals surface area contributed by atoms with Gasteiger partial charge in [0.05, 0.1) is 0 Å². The topological polar surface area (TPSA) is 21.3 Å². The first kappa shape index (κ1) is 15.6. The molecule has 2 heteroatoms. The predicted octanol–water partition coefficient (Wildman–Crippen LogP) is 4.85. The van der Waals surface area contributed by atoms with E-state index in [4.69, 9.17) is 4.74 Å². The van der Waals surface area contributed by atoms with Gasteiger partial charge in [0.15, 0.2) is 0 Å². The summed E-state index contributed by atoms with van der Waals surface area (Å²) in [5.41, 5.74) is 3.72. The Balaban J connectivity index is 2.22. The lowest BCUT2D eigenvalue weighted by Gasteiger charge is -2.15. The second-order valence-electron chi connectivity index (χ2n) is 5.35. The van der Waals surface area contributed by atoms with E-state index >= 15 is 0 Å². The Morgan fingerprint density at radius 2 is 1.71 bits per heavy atom. The zero-order valence-corrected chi connectivity index (χ0v) is 13.3. The van der Waals surface area contributed by atoms with Gasteiger partial charge in [-0.05, 0) is 44.0 Å². The van der Waals surface area contributed by atoms with Crippen LogP contribution in [-0.4, -0.2) is 6.54 Å². The molecule has 1 N–H and O–H groups in total. The number of hydrogen-bond acceptors (Lipinski definition) is 2. The molecule has 0 aliphatic heterocycles. The van der Waals surface area contributed by atoms with E-state index in [-0.39, 0.29) is 0 Å². The Labute approximate surface area is 128 Å². The van der Waals surface area contributed by atoms with Gasteiger partial charge in [-0.15, -0.1) is 0 Å². The Hall–Kier alpha value is -1.80. The van der Waals surface area contributed by atoms with Crippen molar-refractivity contribution in [2.45, 2.75) is 40.2 Å². The maximum Gasteiger partial charge on any atom is 0.131 e. The molecule has 2 aromatic carbocycles. The van der Waals surface area contributed by atoms with Crippen molar-refractivity contribution in [3.8, 4) is 11.5 Å². The molecule has 0 aliphatic carbocycles. The van der Waals surface area contributed by atoms with E-state index in [1.807, 2.05) is 12.1 Å². The van der Waals surface area contributed by atoms with Crippen molar-refractivity contribution in [2.24, 2.45) is 0 Å². The van der Waals surface area contributed by atoms with Crippen LogP contribution in [0.4, 0.5) is 0 Å². The fraction of sp³-hybridized carbons (Fsp3) is 0.368. The highest BCUT2D eigenvalue weighted by molar-refractivity contribution is 5.42. The van der Waals surface area contributed by atoms with Crippen LogP contribution in [-0.2, 0) is 13.0 Å². The smallest absolute Gasteiger partial charge is 0.131 e. The molecule has 0 atom stereocenters.